The fourth-order valence-corrected chi connectivity index (χ4v) is 6.24. The maximum absolute atomic E-state index is 12.7. The topological polar surface area (TPSA) is 76.6 Å². The molecule has 2 heterocycles. The van der Waals surface area contributed by atoms with Crippen LogP contribution >= 0.6 is 23.1 Å². The van der Waals surface area contributed by atoms with Crippen molar-refractivity contribution in [2.45, 2.75) is 29.3 Å². The van der Waals surface area contributed by atoms with Crippen molar-refractivity contribution in [1.82, 2.24) is 9.29 Å². The lowest BCUT2D eigenvalue weighted by atomic mass is 10.2. The highest BCUT2D eigenvalue weighted by molar-refractivity contribution is 8.00. The van der Waals surface area contributed by atoms with Crippen LogP contribution in [0.5, 0.6) is 0 Å². The molecule has 1 aliphatic rings. The van der Waals surface area contributed by atoms with Gasteiger partial charge in [-0.15, -0.1) is 11.3 Å². The zero-order valence-electron chi connectivity index (χ0n) is 11.4. The minimum absolute atomic E-state index is 0.0321. The molecule has 0 N–H and O–H groups in total. The molecule has 0 radical (unpaired) electrons. The number of nitrogens with zero attached hydrogens (tertiary/aromatic N) is 2. The van der Waals surface area contributed by atoms with Crippen molar-refractivity contribution in [1.29, 1.82) is 0 Å². The minimum Gasteiger partial charge on any atom is -0.464 e. The maximum Gasteiger partial charge on any atom is 0.358 e. The summed E-state index contributed by atoms with van der Waals surface area (Å²) in [5.74, 6) is 0.0220. The molecule has 20 heavy (non-hydrogen) atoms. The Kier molecular flexibility index (Phi) is 4.73. The molecule has 0 aliphatic carbocycles. The van der Waals surface area contributed by atoms with Crippen molar-refractivity contribution in [2.24, 2.45) is 0 Å². The van der Waals surface area contributed by atoms with E-state index in [-0.39, 0.29) is 21.2 Å². The smallest absolute Gasteiger partial charge is 0.358 e. The molecule has 1 saturated heterocycles. The van der Waals surface area contributed by atoms with Crippen LogP contribution in [0.15, 0.2) is 9.72 Å². The number of hydrogen-bond acceptors (Lipinski definition) is 7. The van der Waals surface area contributed by atoms with Gasteiger partial charge in [0.2, 0.25) is 0 Å². The Morgan fingerprint density at radius 1 is 1.50 bits per heavy atom. The van der Waals surface area contributed by atoms with E-state index in [0.29, 0.717) is 6.54 Å². The van der Waals surface area contributed by atoms with E-state index in [1.807, 2.05) is 13.8 Å². The first-order valence-corrected chi connectivity index (χ1v) is 9.41. The maximum atomic E-state index is 12.7. The first-order chi connectivity index (χ1) is 9.39. The number of carbonyl (C=O) groups is 1. The second-order valence-corrected chi connectivity index (χ2v) is 8.84. The van der Waals surface area contributed by atoms with Crippen molar-refractivity contribution in [3.63, 3.8) is 0 Å². The van der Waals surface area contributed by atoms with Gasteiger partial charge in [-0.2, -0.15) is 16.1 Å². The van der Waals surface area contributed by atoms with Crippen LogP contribution in [0.3, 0.4) is 0 Å². The van der Waals surface area contributed by atoms with Gasteiger partial charge < -0.3 is 4.74 Å². The average molecular weight is 336 g/mol. The van der Waals surface area contributed by atoms with Gasteiger partial charge >= 0.3 is 5.97 Å². The van der Waals surface area contributed by atoms with Crippen LogP contribution < -0.4 is 0 Å². The van der Waals surface area contributed by atoms with E-state index in [9.17, 15) is 13.2 Å². The molecule has 9 heteroatoms. The Hall–Kier alpha value is -0.640. The van der Waals surface area contributed by atoms with Gasteiger partial charge in [-0.25, -0.2) is 18.2 Å². The fourth-order valence-electron chi connectivity index (χ4n) is 2.00. The van der Waals surface area contributed by atoms with E-state index in [1.165, 1.54) is 16.9 Å². The predicted molar refractivity (Wildman–Crippen MR) is 78.7 cm³/mol. The van der Waals surface area contributed by atoms with Crippen LogP contribution in [0.1, 0.15) is 24.3 Å². The fraction of sp³-hybridized carbons (Fsp3) is 0.636. The molecular formula is C11H16N2O4S3. The Morgan fingerprint density at radius 3 is 2.85 bits per heavy atom. The summed E-state index contributed by atoms with van der Waals surface area (Å²) >= 11 is 2.70. The lowest BCUT2D eigenvalue weighted by molar-refractivity contribution is 0.0590. The molecular weight excluding hydrogens is 320 g/mol. The number of hydrogen-bond donors (Lipinski definition) is 0. The first-order valence-electron chi connectivity index (χ1n) is 6.04. The van der Waals surface area contributed by atoms with Crippen molar-refractivity contribution in [2.75, 3.05) is 19.4 Å². The van der Waals surface area contributed by atoms with Crippen molar-refractivity contribution >= 4 is 39.1 Å². The molecule has 6 nitrogen and oxygen atoms in total. The van der Waals surface area contributed by atoms with Gasteiger partial charge in [-0.05, 0) is 6.92 Å². The Morgan fingerprint density at radius 2 is 2.20 bits per heavy atom. The summed E-state index contributed by atoms with van der Waals surface area (Å²) in [6, 6.07) is -0.119. The van der Waals surface area contributed by atoms with Crippen LogP contribution in [0, 0.1) is 0 Å². The van der Waals surface area contributed by atoms with Gasteiger partial charge in [-0.1, -0.05) is 6.92 Å². The largest absolute Gasteiger partial charge is 0.464 e. The van der Waals surface area contributed by atoms with Gasteiger partial charge in [0.1, 0.15) is 0 Å². The summed E-state index contributed by atoms with van der Waals surface area (Å²) in [6.07, 6.45) is 0. The van der Waals surface area contributed by atoms with E-state index in [4.69, 9.17) is 0 Å². The van der Waals surface area contributed by atoms with Gasteiger partial charge in [0.05, 0.1) is 12.6 Å². The quantitative estimate of drug-likeness (QED) is 0.778. The highest BCUT2D eigenvalue weighted by Gasteiger charge is 2.38. The first kappa shape index (κ1) is 15.7. The van der Waals surface area contributed by atoms with Gasteiger partial charge in [-0.3, -0.25) is 0 Å². The second kappa shape index (κ2) is 6.00. The normalized spacial score (nSPS) is 24.6. The standard InChI is InChI=1S/C11H16N2O4S3/c1-7-8(2)18-5-4-13(7)20(15,16)11-9(10(14)17-3)12-6-19-11/h6-8H,4-5H2,1-3H3. The van der Waals surface area contributed by atoms with Crippen LogP contribution in [0.25, 0.3) is 0 Å². The van der Waals surface area contributed by atoms with Crippen LogP contribution in [-0.2, 0) is 14.8 Å². The molecule has 0 bridgehead atoms. The van der Waals surface area contributed by atoms with Gasteiger partial charge in [0.15, 0.2) is 9.90 Å². The molecule has 2 rings (SSSR count). The van der Waals surface area contributed by atoms with E-state index in [0.717, 1.165) is 17.1 Å². The lowest BCUT2D eigenvalue weighted by Gasteiger charge is -2.36. The summed E-state index contributed by atoms with van der Waals surface area (Å²) in [5.41, 5.74) is 1.22. The summed E-state index contributed by atoms with van der Waals surface area (Å²) in [5, 5.41) is 0.216. The molecule has 2 unspecified atom stereocenters. The van der Waals surface area contributed by atoms with Crippen molar-refractivity contribution in [3.05, 3.63) is 11.2 Å². The van der Waals surface area contributed by atoms with E-state index < -0.39 is 16.0 Å². The third kappa shape index (κ3) is 2.72. The Balaban J connectivity index is 2.40. The Bertz CT molecular complexity index is 599. The van der Waals surface area contributed by atoms with E-state index in [1.54, 1.807) is 11.8 Å². The molecule has 1 aromatic rings. The van der Waals surface area contributed by atoms with E-state index >= 15 is 0 Å². The average Bonchev–Trinajstić information content (AvgIpc) is 2.90. The highest BCUT2D eigenvalue weighted by Crippen LogP contribution is 2.32. The minimum atomic E-state index is -3.71. The second-order valence-electron chi connectivity index (χ2n) is 4.41. The van der Waals surface area contributed by atoms with Crippen molar-refractivity contribution < 1.29 is 17.9 Å². The molecule has 0 aromatic carbocycles. The number of thiazole rings is 1. The number of ether oxygens (including phenoxy) is 1. The van der Waals surface area contributed by atoms with Crippen LogP contribution in [-0.4, -0.2) is 54.4 Å². The number of thioether (sulfide) groups is 1. The molecule has 0 saturated carbocycles. The van der Waals surface area contributed by atoms with Crippen molar-refractivity contribution in [3.8, 4) is 0 Å². The number of carbonyl (C=O) groups excluding carboxylic acids is 1. The molecule has 1 aliphatic heterocycles. The van der Waals surface area contributed by atoms with E-state index in [2.05, 4.69) is 9.72 Å². The number of esters is 1. The number of rotatable bonds is 3. The highest BCUT2D eigenvalue weighted by atomic mass is 32.2. The summed E-state index contributed by atoms with van der Waals surface area (Å²) in [7, 11) is -2.50. The zero-order chi connectivity index (χ0) is 14.9. The molecule has 0 amide bonds. The van der Waals surface area contributed by atoms with Crippen LogP contribution in [0.4, 0.5) is 0 Å². The third-order valence-electron chi connectivity index (χ3n) is 3.28. The number of aromatic nitrogens is 1. The van der Waals surface area contributed by atoms with Gasteiger partial charge in [0.25, 0.3) is 10.0 Å². The summed E-state index contributed by atoms with van der Waals surface area (Å²) in [6.45, 7) is 4.33. The molecule has 112 valence electrons. The van der Waals surface area contributed by atoms with Crippen LogP contribution in [0.2, 0.25) is 0 Å². The third-order valence-corrected chi connectivity index (χ3v) is 7.95. The zero-order valence-corrected chi connectivity index (χ0v) is 13.8. The lowest BCUT2D eigenvalue weighted by Crippen LogP contribution is -2.47. The number of methoxy groups -OCH3 is 1. The SMILES string of the molecule is COC(=O)c1ncsc1S(=O)(=O)N1CCSC(C)C1C. The molecule has 1 aromatic heterocycles. The molecule has 1 fully saturated rings. The summed E-state index contributed by atoms with van der Waals surface area (Å²) in [4.78, 5) is 15.4. The predicted octanol–water partition coefficient (Wildman–Crippen LogP) is 1.44. The monoisotopic (exact) mass is 336 g/mol. The Labute approximate surface area is 126 Å². The molecule has 0 spiro atoms. The number of sulfonamides is 1. The summed E-state index contributed by atoms with van der Waals surface area (Å²) < 4.78 is 31.5. The van der Waals surface area contributed by atoms with Gasteiger partial charge in [0, 0.05) is 23.6 Å². The molecule has 2 atom stereocenters.